The van der Waals surface area contributed by atoms with Crippen LogP contribution in [-0.4, -0.2) is 29.2 Å². The second-order valence-electron chi connectivity index (χ2n) is 6.25. The summed E-state index contributed by atoms with van der Waals surface area (Å²) in [5.41, 5.74) is 2.03. The summed E-state index contributed by atoms with van der Waals surface area (Å²) < 4.78 is 12.4. The largest absolute Gasteiger partial charge is 0.490 e. The Morgan fingerprint density at radius 2 is 1.97 bits per heavy atom. The standard InChI is InChI=1S/C22H19BrN2O4S/c1-3-25-21(26)19(30-22(25)27)11-14-9-17(23)20(18(10-14)28-4-2)29-13-16-8-6-5-7-15(16)12-24/h5-11H,3-4,13H2,1-2H3/b19-11+. The van der Waals surface area contributed by atoms with Crippen molar-refractivity contribution in [1.29, 1.82) is 5.26 Å². The molecule has 2 aromatic carbocycles. The van der Waals surface area contributed by atoms with E-state index in [1.54, 1.807) is 37.3 Å². The van der Waals surface area contributed by atoms with Gasteiger partial charge in [-0.05, 0) is 71.4 Å². The molecule has 30 heavy (non-hydrogen) atoms. The van der Waals surface area contributed by atoms with Gasteiger partial charge in [0.1, 0.15) is 6.61 Å². The lowest BCUT2D eigenvalue weighted by Gasteiger charge is -2.15. The normalized spacial score (nSPS) is 14.9. The van der Waals surface area contributed by atoms with Gasteiger partial charge in [-0.15, -0.1) is 0 Å². The van der Waals surface area contributed by atoms with Crippen LogP contribution in [0.2, 0.25) is 0 Å². The first kappa shape index (κ1) is 21.9. The first-order valence-corrected chi connectivity index (χ1v) is 10.9. The number of amides is 2. The topological polar surface area (TPSA) is 79.6 Å². The summed E-state index contributed by atoms with van der Waals surface area (Å²) in [6.07, 6.45) is 1.67. The van der Waals surface area contributed by atoms with Crippen molar-refractivity contribution in [1.82, 2.24) is 4.90 Å². The van der Waals surface area contributed by atoms with Crippen molar-refractivity contribution in [2.24, 2.45) is 0 Å². The van der Waals surface area contributed by atoms with E-state index in [0.29, 0.717) is 45.2 Å². The molecule has 0 aromatic heterocycles. The maximum atomic E-state index is 12.4. The maximum absolute atomic E-state index is 12.4. The molecule has 1 fully saturated rings. The van der Waals surface area contributed by atoms with Crippen molar-refractivity contribution >= 4 is 44.9 Å². The second-order valence-corrected chi connectivity index (χ2v) is 8.09. The number of hydrogen-bond acceptors (Lipinski definition) is 6. The molecule has 154 valence electrons. The zero-order valence-electron chi connectivity index (χ0n) is 16.5. The molecule has 6 nitrogen and oxygen atoms in total. The molecule has 0 bridgehead atoms. The monoisotopic (exact) mass is 486 g/mol. The third kappa shape index (κ3) is 4.69. The summed E-state index contributed by atoms with van der Waals surface area (Å²) in [7, 11) is 0. The van der Waals surface area contributed by atoms with Crippen LogP contribution in [-0.2, 0) is 11.4 Å². The molecular weight excluding hydrogens is 468 g/mol. The fraction of sp³-hybridized carbons (Fsp3) is 0.227. The number of benzene rings is 2. The number of likely N-dealkylation sites (N-methyl/N-ethyl adjacent to an activating group) is 1. The minimum Gasteiger partial charge on any atom is -0.490 e. The lowest BCUT2D eigenvalue weighted by Crippen LogP contribution is -2.27. The van der Waals surface area contributed by atoms with Crippen LogP contribution in [0.4, 0.5) is 4.79 Å². The van der Waals surface area contributed by atoms with Crippen molar-refractivity contribution in [3.63, 3.8) is 0 Å². The molecule has 0 saturated carbocycles. The number of nitriles is 1. The van der Waals surface area contributed by atoms with Gasteiger partial charge >= 0.3 is 0 Å². The van der Waals surface area contributed by atoms with Gasteiger partial charge < -0.3 is 9.47 Å². The number of hydrogen-bond donors (Lipinski definition) is 0. The van der Waals surface area contributed by atoms with E-state index in [1.807, 2.05) is 19.1 Å². The lowest BCUT2D eigenvalue weighted by molar-refractivity contribution is -0.122. The number of ether oxygens (including phenoxy) is 2. The number of rotatable bonds is 7. The van der Waals surface area contributed by atoms with Gasteiger partial charge in [0.15, 0.2) is 11.5 Å². The number of thioether (sulfide) groups is 1. The van der Waals surface area contributed by atoms with E-state index in [4.69, 9.17) is 9.47 Å². The number of nitrogens with zero attached hydrogens (tertiary/aromatic N) is 2. The molecule has 0 atom stereocenters. The Morgan fingerprint density at radius 1 is 1.20 bits per heavy atom. The Hall–Kier alpha value is -2.76. The smallest absolute Gasteiger partial charge is 0.293 e. The van der Waals surface area contributed by atoms with E-state index < -0.39 is 0 Å². The molecule has 0 N–H and O–H groups in total. The van der Waals surface area contributed by atoms with E-state index in [9.17, 15) is 14.9 Å². The van der Waals surface area contributed by atoms with E-state index in [-0.39, 0.29) is 17.8 Å². The predicted molar refractivity (Wildman–Crippen MR) is 119 cm³/mol. The van der Waals surface area contributed by atoms with Crippen LogP contribution in [0.1, 0.15) is 30.5 Å². The van der Waals surface area contributed by atoms with Crippen LogP contribution in [0.3, 0.4) is 0 Å². The van der Waals surface area contributed by atoms with Gasteiger partial charge in [0.2, 0.25) is 0 Å². The zero-order chi connectivity index (χ0) is 21.7. The van der Waals surface area contributed by atoms with Gasteiger partial charge in [-0.3, -0.25) is 14.5 Å². The summed E-state index contributed by atoms with van der Waals surface area (Å²) >= 11 is 4.43. The molecule has 0 aliphatic carbocycles. The van der Waals surface area contributed by atoms with Crippen LogP contribution in [0.5, 0.6) is 11.5 Å². The van der Waals surface area contributed by atoms with E-state index in [1.165, 1.54) is 4.90 Å². The molecule has 2 aromatic rings. The molecule has 0 radical (unpaired) electrons. The molecule has 1 aliphatic heterocycles. The van der Waals surface area contributed by atoms with E-state index >= 15 is 0 Å². The van der Waals surface area contributed by atoms with Gasteiger partial charge in [-0.1, -0.05) is 18.2 Å². The Bertz CT molecular complexity index is 1060. The minimum absolute atomic E-state index is 0.205. The van der Waals surface area contributed by atoms with Crippen molar-refractivity contribution < 1.29 is 19.1 Å². The van der Waals surface area contributed by atoms with Crippen LogP contribution in [0.15, 0.2) is 45.8 Å². The van der Waals surface area contributed by atoms with Crippen molar-refractivity contribution in [2.45, 2.75) is 20.5 Å². The quantitative estimate of drug-likeness (QED) is 0.490. The average molecular weight is 487 g/mol. The average Bonchev–Trinajstić information content (AvgIpc) is 3.00. The van der Waals surface area contributed by atoms with E-state index in [0.717, 1.165) is 17.3 Å². The number of imide groups is 1. The fourth-order valence-electron chi connectivity index (χ4n) is 2.90. The number of carbonyl (C=O) groups excluding carboxylic acids is 2. The van der Waals surface area contributed by atoms with Gasteiger partial charge in [0, 0.05) is 12.1 Å². The molecule has 1 heterocycles. The Morgan fingerprint density at radius 3 is 2.63 bits per heavy atom. The van der Waals surface area contributed by atoms with Gasteiger partial charge in [-0.2, -0.15) is 5.26 Å². The third-order valence-corrected chi connectivity index (χ3v) is 5.83. The van der Waals surface area contributed by atoms with Gasteiger partial charge in [0.25, 0.3) is 11.1 Å². The van der Waals surface area contributed by atoms with Crippen LogP contribution in [0, 0.1) is 11.3 Å². The van der Waals surface area contributed by atoms with Crippen molar-refractivity contribution in [2.75, 3.05) is 13.2 Å². The zero-order valence-corrected chi connectivity index (χ0v) is 18.9. The highest BCUT2D eigenvalue weighted by Crippen LogP contribution is 2.39. The molecule has 0 unspecified atom stereocenters. The predicted octanol–water partition coefficient (Wildman–Crippen LogP) is 5.35. The Balaban J connectivity index is 1.89. The number of halogens is 1. The van der Waals surface area contributed by atoms with Crippen molar-refractivity contribution in [3.05, 3.63) is 62.5 Å². The van der Waals surface area contributed by atoms with Gasteiger partial charge in [0.05, 0.1) is 27.6 Å². The van der Waals surface area contributed by atoms with Gasteiger partial charge in [-0.25, -0.2) is 0 Å². The minimum atomic E-state index is -0.296. The summed E-state index contributed by atoms with van der Waals surface area (Å²) in [5.74, 6) is 0.709. The summed E-state index contributed by atoms with van der Waals surface area (Å²) in [6, 6.07) is 13.0. The molecule has 2 amide bonds. The van der Waals surface area contributed by atoms with Crippen molar-refractivity contribution in [3.8, 4) is 17.6 Å². The lowest BCUT2D eigenvalue weighted by atomic mass is 10.1. The summed E-state index contributed by atoms with van der Waals surface area (Å²) in [4.78, 5) is 25.9. The van der Waals surface area contributed by atoms with Crippen LogP contribution >= 0.6 is 27.7 Å². The Labute approximate surface area is 187 Å². The molecule has 1 aliphatic rings. The molecule has 1 saturated heterocycles. The summed E-state index contributed by atoms with van der Waals surface area (Å²) in [5, 5.41) is 8.99. The molecule has 3 rings (SSSR count). The maximum Gasteiger partial charge on any atom is 0.293 e. The highest BCUT2D eigenvalue weighted by atomic mass is 79.9. The first-order valence-electron chi connectivity index (χ1n) is 9.31. The molecular formula is C22H19BrN2O4S. The number of carbonyl (C=O) groups is 2. The van der Waals surface area contributed by atoms with Crippen LogP contribution < -0.4 is 9.47 Å². The van der Waals surface area contributed by atoms with Crippen LogP contribution in [0.25, 0.3) is 6.08 Å². The molecule has 8 heteroatoms. The first-order chi connectivity index (χ1) is 14.5. The SMILES string of the molecule is CCOc1cc(/C=C2/SC(=O)N(CC)C2=O)cc(Br)c1OCc1ccccc1C#N. The third-order valence-electron chi connectivity index (χ3n) is 4.33. The van der Waals surface area contributed by atoms with E-state index in [2.05, 4.69) is 22.0 Å². The Kier molecular flexibility index (Phi) is 7.19. The molecule has 0 spiro atoms. The highest BCUT2D eigenvalue weighted by molar-refractivity contribution is 9.10. The fourth-order valence-corrected chi connectivity index (χ4v) is 4.38. The summed E-state index contributed by atoms with van der Waals surface area (Å²) in [6.45, 7) is 4.60. The highest BCUT2D eigenvalue weighted by Gasteiger charge is 2.33. The second kappa shape index (κ2) is 9.83.